The predicted octanol–water partition coefficient (Wildman–Crippen LogP) is 6.15. The second-order valence-corrected chi connectivity index (χ2v) is 11.5. The molecule has 4 N–H and O–H groups in total. The number of carbonyl (C=O) groups excluding carboxylic acids is 3. The fraction of sp³-hybridized carbons (Fsp3) is 0.250. The van der Waals surface area contributed by atoms with Gasteiger partial charge in [0.25, 0.3) is 11.8 Å². The topological polar surface area (TPSA) is 117 Å². The molecule has 1 aliphatic rings. The van der Waals surface area contributed by atoms with E-state index in [0.717, 1.165) is 49.2 Å². The highest BCUT2D eigenvalue weighted by Crippen LogP contribution is 2.34. The van der Waals surface area contributed by atoms with Crippen molar-refractivity contribution in [2.24, 2.45) is 0 Å². The van der Waals surface area contributed by atoms with E-state index in [1.54, 1.807) is 48.5 Å². The molecule has 10 heteroatoms. The number of carbonyl (C=O) groups is 3. The zero-order chi connectivity index (χ0) is 29.5. The number of hydrogen-bond donors (Lipinski definition) is 3. The Labute approximate surface area is 254 Å². The van der Waals surface area contributed by atoms with Crippen LogP contribution in [-0.4, -0.2) is 28.1 Å². The molecule has 0 saturated heterocycles. The Bertz CT molecular complexity index is 1520. The average Bonchev–Trinajstić information content (AvgIpc) is 3.41. The third kappa shape index (κ3) is 6.80. The Balaban J connectivity index is 1.50. The first-order valence-corrected chi connectivity index (χ1v) is 15.1. The summed E-state index contributed by atoms with van der Waals surface area (Å²) < 4.78 is 4.28. The first-order valence-electron chi connectivity index (χ1n) is 13.9. The molecule has 0 spiro atoms. The number of aromatic nitrogens is 1. The van der Waals surface area contributed by atoms with Gasteiger partial charge in [0.2, 0.25) is 5.91 Å². The number of anilines is 2. The molecule has 0 bridgehead atoms. The molecule has 3 aromatic carbocycles. The van der Waals surface area contributed by atoms with Crippen molar-refractivity contribution < 1.29 is 14.4 Å². The molecule has 1 aromatic heterocycles. The van der Waals surface area contributed by atoms with E-state index in [-0.39, 0.29) is 28.8 Å². The normalized spacial score (nSPS) is 14.1. The number of amides is 3. The van der Waals surface area contributed by atoms with Gasteiger partial charge < -0.3 is 16.4 Å². The molecule has 216 valence electrons. The molecule has 1 aliphatic carbocycles. The fourth-order valence-corrected chi connectivity index (χ4v) is 6.00. The van der Waals surface area contributed by atoms with Gasteiger partial charge in [-0.15, -0.1) is 0 Å². The molecule has 4 aromatic rings. The maximum atomic E-state index is 14.3. The summed E-state index contributed by atoms with van der Waals surface area (Å²) in [5, 5.41) is 6.50. The van der Waals surface area contributed by atoms with Gasteiger partial charge in [0.1, 0.15) is 10.9 Å². The highest BCUT2D eigenvalue weighted by atomic mass is 35.5. The molecular formula is C32H32ClN5O3S. The van der Waals surface area contributed by atoms with E-state index < -0.39 is 23.8 Å². The first kappa shape index (κ1) is 29.3. The number of para-hydroxylation sites is 1. The van der Waals surface area contributed by atoms with E-state index >= 15 is 0 Å². The molecule has 0 unspecified atom stereocenters. The Kier molecular flexibility index (Phi) is 9.51. The van der Waals surface area contributed by atoms with Gasteiger partial charge in [0, 0.05) is 23.3 Å². The fourth-order valence-electron chi connectivity index (χ4n) is 5.14. The van der Waals surface area contributed by atoms with Crippen molar-refractivity contribution >= 4 is 52.2 Å². The summed E-state index contributed by atoms with van der Waals surface area (Å²) in [7, 11) is 0. The van der Waals surface area contributed by atoms with Crippen LogP contribution in [0.3, 0.4) is 0 Å². The van der Waals surface area contributed by atoms with Crippen LogP contribution in [0, 0.1) is 0 Å². The summed E-state index contributed by atoms with van der Waals surface area (Å²) in [6.07, 6.45) is 5.10. The number of nitrogen functional groups attached to an aromatic ring is 1. The van der Waals surface area contributed by atoms with Gasteiger partial charge in [-0.2, -0.15) is 4.37 Å². The number of nitrogens with zero attached hydrogens (tertiary/aromatic N) is 2. The number of hydrogen-bond acceptors (Lipinski definition) is 6. The SMILES string of the molecule is Nc1c(C(=O)NC2CCCCC2)nsc1C(=O)N(c1ccccc1)[C@@H](C(=O)NCc1ccccc1)c1ccc(Cl)cc1. The lowest BCUT2D eigenvalue weighted by atomic mass is 9.95. The standard InChI is InChI=1S/C32H32ClN5O3S/c33-23-18-16-22(17-19-23)28(31(40)35-20-21-10-4-1-5-11-21)38(25-14-8-3-9-15-25)32(41)29-26(34)27(37-42-29)30(39)36-24-12-6-2-7-13-24/h1,3-5,8-11,14-19,24,28H,2,6-7,12-13,20,34H2,(H,35,40)(H,36,39)/t28-/m1/s1. The van der Waals surface area contributed by atoms with Crippen LogP contribution in [0.2, 0.25) is 5.02 Å². The van der Waals surface area contributed by atoms with Crippen LogP contribution in [0.15, 0.2) is 84.9 Å². The summed E-state index contributed by atoms with van der Waals surface area (Å²) >= 11 is 7.03. The number of nitrogens with one attached hydrogen (secondary N) is 2. The lowest BCUT2D eigenvalue weighted by Crippen LogP contribution is -2.44. The molecular weight excluding hydrogens is 570 g/mol. The summed E-state index contributed by atoms with van der Waals surface area (Å²) in [5.41, 5.74) is 8.40. The van der Waals surface area contributed by atoms with Crippen molar-refractivity contribution in [1.29, 1.82) is 0 Å². The minimum Gasteiger partial charge on any atom is -0.395 e. The lowest BCUT2D eigenvalue weighted by Gasteiger charge is -2.31. The Morgan fingerprint density at radius 3 is 2.24 bits per heavy atom. The molecule has 3 amide bonds. The van der Waals surface area contributed by atoms with E-state index in [1.165, 1.54) is 4.90 Å². The predicted molar refractivity (Wildman–Crippen MR) is 167 cm³/mol. The zero-order valence-electron chi connectivity index (χ0n) is 23.0. The first-order chi connectivity index (χ1) is 20.4. The molecule has 0 aliphatic heterocycles. The van der Waals surface area contributed by atoms with Crippen molar-refractivity contribution in [2.45, 2.75) is 50.7 Å². The van der Waals surface area contributed by atoms with Crippen LogP contribution in [0.5, 0.6) is 0 Å². The van der Waals surface area contributed by atoms with E-state index in [1.807, 2.05) is 36.4 Å². The number of rotatable bonds is 9. The largest absolute Gasteiger partial charge is 0.395 e. The molecule has 1 saturated carbocycles. The Morgan fingerprint density at radius 2 is 1.57 bits per heavy atom. The van der Waals surface area contributed by atoms with Crippen molar-refractivity contribution in [2.75, 3.05) is 10.6 Å². The molecule has 1 atom stereocenters. The van der Waals surface area contributed by atoms with Crippen molar-refractivity contribution in [3.05, 3.63) is 112 Å². The lowest BCUT2D eigenvalue weighted by molar-refractivity contribution is -0.122. The minimum atomic E-state index is -1.07. The Morgan fingerprint density at radius 1 is 0.929 bits per heavy atom. The van der Waals surface area contributed by atoms with Gasteiger partial charge in [-0.1, -0.05) is 91.5 Å². The summed E-state index contributed by atoms with van der Waals surface area (Å²) in [5.74, 6) is -1.32. The zero-order valence-corrected chi connectivity index (χ0v) is 24.5. The third-order valence-electron chi connectivity index (χ3n) is 7.33. The number of halogens is 1. The number of benzene rings is 3. The molecule has 8 nitrogen and oxygen atoms in total. The van der Waals surface area contributed by atoms with Crippen LogP contribution < -0.4 is 21.3 Å². The van der Waals surface area contributed by atoms with Crippen molar-refractivity contribution in [3.8, 4) is 0 Å². The summed E-state index contributed by atoms with van der Waals surface area (Å²) in [6, 6.07) is 24.2. The molecule has 42 heavy (non-hydrogen) atoms. The summed E-state index contributed by atoms with van der Waals surface area (Å²) in [4.78, 5) is 42.8. The molecule has 0 radical (unpaired) electrons. The van der Waals surface area contributed by atoms with Crippen molar-refractivity contribution in [3.63, 3.8) is 0 Å². The van der Waals surface area contributed by atoms with Crippen LogP contribution >= 0.6 is 23.1 Å². The molecule has 5 rings (SSSR count). The highest BCUT2D eigenvalue weighted by molar-refractivity contribution is 7.09. The molecule has 1 heterocycles. The van der Waals surface area contributed by atoms with Crippen LogP contribution in [-0.2, 0) is 11.3 Å². The van der Waals surface area contributed by atoms with Gasteiger partial charge in [-0.3, -0.25) is 19.3 Å². The van der Waals surface area contributed by atoms with Crippen LogP contribution in [0.1, 0.15) is 69.4 Å². The van der Waals surface area contributed by atoms with Crippen molar-refractivity contribution in [1.82, 2.24) is 15.0 Å². The average molecular weight is 602 g/mol. The minimum absolute atomic E-state index is 0.00112. The quantitative estimate of drug-likeness (QED) is 0.213. The third-order valence-corrected chi connectivity index (χ3v) is 8.44. The maximum Gasteiger partial charge on any atom is 0.273 e. The Hall–Kier alpha value is -4.21. The monoisotopic (exact) mass is 601 g/mol. The maximum absolute atomic E-state index is 14.3. The van der Waals surface area contributed by atoms with E-state index in [4.69, 9.17) is 17.3 Å². The van der Waals surface area contributed by atoms with E-state index in [0.29, 0.717) is 16.3 Å². The second-order valence-electron chi connectivity index (χ2n) is 10.3. The van der Waals surface area contributed by atoms with Gasteiger partial charge in [0.15, 0.2) is 5.69 Å². The smallest absolute Gasteiger partial charge is 0.273 e. The van der Waals surface area contributed by atoms with Crippen LogP contribution in [0.25, 0.3) is 0 Å². The highest BCUT2D eigenvalue weighted by Gasteiger charge is 2.36. The summed E-state index contributed by atoms with van der Waals surface area (Å²) in [6.45, 7) is 0.273. The van der Waals surface area contributed by atoms with Crippen LogP contribution in [0.4, 0.5) is 11.4 Å². The van der Waals surface area contributed by atoms with Gasteiger partial charge >= 0.3 is 0 Å². The second kappa shape index (κ2) is 13.6. The van der Waals surface area contributed by atoms with Gasteiger partial charge in [-0.25, -0.2) is 0 Å². The molecule has 1 fully saturated rings. The van der Waals surface area contributed by atoms with E-state index in [9.17, 15) is 14.4 Å². The van der Waals surface area contributed by atoms with E-state index in [2.05, 4.69) is 15.0 Å². The van der Waals surface area contributed by atoms with Gasteiger partial charge in [-0.05, 0) is 59.8 Å². The van der Waals surface area contributed by atoms with Gasteiger partial charge in [0.05, 0.1) is 5.69 Å². The number of nitrogens with two attached hydrogens (primary N) is 1.